The standard InChI is InChI=1S/C29H35FN4O6S/c30-22-12-10-21(11-13-22)27(28(36)31-19-23-7-6-18-40-23)33(17-16-32-14-4-1-5-15-32)26(35)20-34-29(37)24-8-2-3-9-25(24)41(34,38)39/h2-3,8-13,23,27H,1,4-7,14-20H2,(H,31,36)/t23-,27+/m1/s1. The molecule has 12 heteroatoms. The number of benzene rings is 2. The molecule has 0 unspecified atom stereocenters. The summed E-state index contributed by atoms with van der Waals surface area (Å²) < 4.78 is 46.5. The molecular weight excluding hydrogens is 551 g/mol. The van der Waals surface area contributed by atoms with Crippen molar-refractivity contribution in [2.45, 2.75) is 49.1 Å². The lowest BCUT2D eigenvalue weighted by atomic mass is 10.0. The molecule has 0 radical (unpaired) electrons. The Morgan fingerprint density at radius 2 is 1.78 bits per heavy atom. The monoisotopic (exact) mass is 586 g/mol. The lowest BCUT2D eigenvalue weighted by molar-refractivity contribution is -0.141. The zero-order valence-corrected chi connectivity index (χ0v) is 23.7. The lowest BCUT2D eigenvalue weighted by Gasteiger charge is -2.35. The SMILES string of the molecule is O=C(NC[C@H]1CCCO1)[C@H](c1ccc(F)cc1)N(CCN1CCCCC1)C(=O)CN1C(=O)c2ccccc2S1(=O)=O. The average Bonchev–Trinajstić information content (AvgIpc) is 3.57. The van der Waals surface area contributed by atoms with Gasteiger partial charge in [-0.3, -0.25) is 14.4 Å². The Balaban J connectivity index is 1.44. The van der Waals surface area contributed by atoms with E-state index < -0.39 is 46.1 Å². The Morgan fingerprint density at radius 1 is 1.05 bits per heavy atom. The molecule has 0 saturated carbocycles. The summed E-state index contributed by atoms with van der Waals surface area (Å²) in [7, 11) is -4.24. The van der Waals surface area contributed by atoms with E-state index in [1.165, 1.54) is 47.4 Å². The summed E-state index contributed by atoms with van der Waals surface area (Å²) in [4.78, 5) is 44.1. The Bertz CT molecular complexity index is 1370. The number of carbonyl (C=O) groups excluding carboxylic acids is 3. The van der Waals surface area contributed by atoms with E-state index >= 15 is 0 Å². The number of hydrogen-bond acceptors (Lipinski definition) is 7. The number of ether oxygens (including phenoxy) is 1. The molecule has 41 heavy (non-hydrogen) atoms. The van der Waals surface area contributed by atoms with Crippen LogP contribution in [0, 0.1) is 5.82 Å². The van der Waals surface area contributed by atoms with Gasteiger partial charge in [0.25, 0.3) is 15.9 Å². The topological polar surface area (TPSA) is 116 Å². The number of halogens is 1. The van der Waals surface area contributed by atoms with Crippen molar-refractivity contribution in [1.82, 2.24) is 19.4 Å². The number of carbonyl (C=O) groups is 3. The maximum atomic E-state index is 14.0. The fourth-order valence-electron chi connectivity index (χ4n) is 5.67. The third-order valence-corrected chi connectivity index (χ3v) is 9.68. The van der Waals surface area contributed by atoms with Gasteiger partial charge in [0.2, 0.25) is 11.8 Å². The molecule has 3 aliphatic heterocycles. The molecule has 2 atom stereocenters. The summed E-state index contributed by atoms with van der Waals surface area (Å²) in [6.45, 7) is 2.38. The molecule has 0 aliphatic carbocycles. The highest BCUT2D eigenvalue weighted by Crippen LogP contribution is 2.31. The number of fused-ring (bicyclic) bond motifs is 1. The molecular formula is C29H35FN4O6S. The van der Waals surface area contributed by atoms with Crippen molar-refractivity contribution in [3.63, 3.8) is 0 Å². The van der Waals surface area contributed by atoms with E-state index in [0.717, 1.165) is 45.2 Å². The Kier molecular flexibility index (Phi) is 9.00. The van der Waals surface area contributed by atoms with E-state index in [-0.39, 0.29) is 29.7 Å². The number of sulfonamides is 1. The van der Waals surface area contributed by atoms with E-state index in [4.69, 9.17) is 4.74 Å². The van der Waals surface area contributed by atoms with Crippen LogP contribution in [0.15, 0.2) is 53.4 Å². The zero-order chi connectivity index (χ0) is 29.0. The first-order valence-corrected chi connectivity index (χ1v) is 15.5. The summed E-state index contributed by atoms with van der Waals surface area (Å²) in [5.41, 5.74) is 0.381. The van der Waals surface area contributed by atoms with Gasteiger partial charge >= 0.3 is 0 Å². The summed E-state index contributed by atoms with van der Waals surface area (Å²) in [6.07, 6.45) is 4.72. The van der Waals surface area contributed by atoms with Crippen LogP contribution in [-0.4, -0.2) is 92.2 Å². The van der Waals surface area contributed by atoms with Gasteiger partial charge in [-0.25, -0.2) is 17.1 Å². The number of piperidine rings is 1. The second-order valence-electron chi connectivity index (χ2n) is 10.6. The van der Waals surface area contributed by atoms with Crippen molar-refractivity contribution >= 4 is 27.7 Å². The predicted molar refractivity (Wildman–Crippen MR) is 148 cm³/mol. The normalized spacial score (nSPS) is 21.0. The summed E-state index contributed by atoms with van der Waals surface area (Å²) >= 11 is 0. The molecule has 5 rings (SSSR count). The second-order valence-corrected chi connectivity index (χ2v) is 12.5. The number of hydrogen-bond donors (Lipinski definition) is 1. The third kappa shape index (κ3) is 6.44. The first kappa shape index (κ1) is 29.2. The molecule has 2 aromatic rings. The van der Waals surface area contributed by atoms with Crippen molar-refractivity contribution in [3.05, 3.63) is 65.5 Å². The van der Waals surface area contributed by atoms with Gasteiger partial charge in [-0.1, -0.05) is 30.7 Å². The van der Waals surface area contributed by atoms with Crippen molar-refractivity contribution in [1.29, 1.82) is 0 Å². The quantitative estimate of drug-likeness (QED) is 0.454. The van der Waals surface area contributed by atoms with Crippen LogP contribution in [0.1, 0.15) is 54.1 Å². The van der Waals surface area contributed by atoms with E-state index in [9.17, 15) is 27.2 Å². The molecule has 0 bridgehead atoms. The predicted octanol–water partition coefficient (Wildman–Crippen LogP) is 2.32. The number of likely N-dealkylation sites (tertiary alicyclic amines) is 1. The van der Waals surface area contributed by atoms with Gasteiger partial charge in [0.15, 0.2) is 0 Å². The molecule has 3 aliphatic rings. The summed E-state index contributed by atoms with van der Waals surface area (Å²) in [5, 5.41) is 2.88. The molecule has 220 valence electrons. The van der Waals surface area contributed by atoms with E-state index in [0.29, 0.717) is 23.0 Å². The van der Waals surface area contributed by atoms with E-state index in [1.807, 2.05) is 0 Å². The van der Waals surface area contributed by atoms with Gasteiger partial charge in [0, 0.05) is 26.2 Å². The first-order chi connectivity index (χ1) is 19.8. The fourth-order valence-corrected chi connectivity index (χ4v) is 7.18. The lowest BCUT2D eigenvalue weighted by Crippen LogP contribution is -2.51. The van der Waals surface area contributed by atoms with Crippen LogP contribution in [0.4, 0.5) is 4.39 Å². The van der Waals surface area contributed by atoms with Crippen LogP contribution < -0.4 is 5.32 Å². The van der Waals surface area contributed by atoms with Crippen LogP contribution in [-0.2, 0) is 24.3 Å². The Morgan fingerprint density at radius 3 is 2.46 bits per heavy atom. The highest BCUT2D eigenvalue weighted by atomic mass is 32.2. The van der Waals surface area contributed by atoms with Gasteiger partial charge < -0.3 is 19.9 Å². The van der Waals surface area contributed by atoms with Gasteiger partial charge in [-0.2, -0.15) is 0 Å². The van der Waals surface area contributed by atoms with Crippen molar-refractivity contribution in [2.75, 3.05) is 45.9 Å². The zero-order valence-electron chi connectivity index (χ0n) is 22.8. The van der Waals surface area contributed by atoms with Crippen molar-refractivity contribution in [3.8, 4) is 0 Å². The number of amides is 3. The molecule has 0 aromatic heterocycles. The highest BCUT2D eigenvalue weighted by molar-refractivity contribution is 7.90. The van der Waals surface area contributed by atoms with Crippen molar-refractivity contribution in [2.24, 2.45) is 0 Å². The molecule has 2 aromatic carbocycles. The number of nitrogens with one attached hydrogen (secondary N) is 1. The molecule has 1 N–H and O–H groups in total. The maximum Gasteiger partial charge on any atom is 0.269 e. The highest BCUT2D eigenvalue weighted by Gasteiger charge is 2.43. The number of nitrogens with zero attached hydrogens (tertiary/aromatic N) is 3. The van der Waals surface area contributed by atoms with Gasteiger partial charge in [0.05, 0.1) is 11.7 Å². The molecule has 2 saturated heterocycles. The largest absolute Gasteiger partial charge is 0.376 e. The molecule has 3 amide bonds. The Labute approximate surface area is 239 Å². The third-order valence-electron chi connectivity index (χ3n) is 7.89. The van der Waals surface area contributed by atoms with Crippen LogP contribution >= 0.6 is 0 Å². The van der Waals surface area contributed by atoms with Gasteiger partial charge in [0.1, 0.15) is 23.3 Å². The van der Waals surface area contributed by atoms with Crippen LogP contribution in [0.3, 0.4) is 0 Å². The minimum atomic E-state index is -4.24. The second kappa shape index (κ2) is 12.7. The van der Waals surface area contributed by atoms with Gasteiger partial charge in [-0.15, -0.1) is 0 Å². The minimum absolute atomic E-state index is 0.00422. The smallest absolute Gasteiger partial charge is 0.269 e. The number of rotatable bonds is 10. The summed E-state index contributed by atoms with van der Waals surface area (Å²) in [6, 6.07) is 9.98. The molecule has 0 spiro atoms. The first-order valence-electron chi connectivity index (χ1n) is 14.1. The van der Waals surface area contributed by atoms with Crippen molar-refractivity contribution < 1.29 is 31.9 Å². The molecule has 3 heterocycles. The van der Waals surface area contributed by atoms with Crippen LogP contribution in [0.5, 0.6) is 0 Å². The summed E-state index contributed by atoms with van der Waals surface area (Å²) in [5.74, 6) is -2.47. The maximum absolute atomic E-state index is 14.0. The average molecular weight is 587 g/mol. The fraction of sp³-hybridized carbons (Fsp3) is 0.483. The van der Waals surface area contributed by atoms with E-state index in [2.05, 4.69) is 10.2 Å². The molecule has 2 fully saturated rings. The van der Waals surface area contributed by atoms with Crippen LogP contribution in [0.25, 0.3) is 0 Å². The van der Waals surface area contributed by atoms with Gasteiger partial charge in [-0.05, 0) is 68.6 Å². The van der Waals surface area contributed by atoms with Crippen LogP contribution in [0.2, 0.25) is 0 Å². The minimum Gasteiger partial charge on any atom is -0.376 e. The van der Waals surface area contributed by atoms with E-state index in [1.54, 1.807) is 6.07 Å². The molecule has 10 nitrogen and oxygen atoms in total. The Hall–Kier alpha value is -3.35.